The fourth-order valence-electron chi connectivity index (χ4n) is 3.57. The van der Waals surface area contributed by atoms with Crippen molar-refractivity contribution in [3.63, 3.8) is 0 Å². The van der Waals surface area contributed by atoms with Gasteiger partial charge in [-0.05, 0) is 48.4 Å². The lowest BCUT2D eigenvalue weighted by molar-refractivity contribution is -0.119. The average Bonchev–Trinajstić information content (AvgIpc) is 3.29. The Bertz CT molecular complexity index is 1370. The number of para-hydroxylation sites is 1. The smallest absolute Gasteiger partial charge is 0.255 e. The van der Waals surface area contributed by atoms with Crippen LogP contribution in [-0.4, -0.2) is 34.9 Å². The Balaban J connectivity index is 1.41. The lowest BCUT2D eigenvalue weighted by Crippen LogP contribution is -2.23. The SMILES string of the molecule is COc1cc(CNC(=O)c2ccccc2OCc2cn3cccc(C)c3n2)ccc1OCC(N)=O. The van der Waals surface area contributed by atoms with E-state index in [4.69, 9.17) is 19.9 Å². The summed E-state index contributed by atoms with van der Waals surface area (Å²) < 4.78 is 18.6. The standard InChI is InChI=1S/C26H26N4O5/c1-17-6-5-11-30-14-19(29-25(17)30)15-34-21-8-4-3-7-20(21)26(32)28-13-18-9-10-22(23(12-18)33-2)35-16-24(27)31/h3-12,14H,13,15-16H2,1-2H3,(H2,27,31)(H,28,32). The van der Waals surface area contributed by atoms with Crippen molar-refractivity contribution in [1.29, 1.82) is 0 Å². The molecule has 0 bridgehead atoms. The maximum atomic E-state index is 12.9. The summed E-state index contributed by atoms with van der Waals surface area (Å²) in [5.41, 5.74) is 9.04. The molecule has 4 rings (SSSR count). The highest BCUT2D eigenvalue weighted by Gasteiger charge is 2.14. The number of nitrogens with one attached hydrogen (secondary N) is 1. The maximum Gasteiger partial charge on any atom is 0.255 e. The molecule has 0 spiro atoms. The molecule has 0 saturated heterocycles. The molecule has 35 heavy (non-hydrogen) atoms. The molecular weight excluding hydrogens is 448 g/mol. The van der Waals surface area contributed by atoms with Crippen LogP contribution in [0.15, 0.2) is 67.0 Å². The van der Waals surface area contributed by atoms with Gasteiger partial charge in [-0.15, -0.1) is 0 Å². The third-order valence-corrected chi connectivity index (χ3v) is 5.29. The second-order valence-electron chi connectivity index (χ2n) is 7.86. The molecule has 4 aromatic rings. The first-order chi connectivity index (χ1) is 16.9. The lowest BCUT2D eigenvalue weighted by atomic mass is 10.1. The third-order valence-electron chi connectivity index (χ3n) is 5.29. The number of fused-ring (bicyclic) bond motifs is 1. The first kappa shape index (κ1) is 23.6. The first-order valence-electron chi connectivity index (χ1n) is 11.0. The van der Waals surface area contributed by atoms with E-state index in [1.165, 1.54) is 7.11 Å². The number of hydrogen-bond donors (Lipinski definition) is 2. The van der Waals surface area contributed by atoms with Gasteiger partial charge in [0.1, 0.15) is 18.0 Å². The number of nitrogens with zero attached hydrogens (tertiary/aromatic N) is 2. The average molecular weight is 475 g/mol. The number of aromatic nitrogens is 2. The van der Waals surface area contributed by atoms with Crippen molar-refractivity contribution in [1.82, 2.24) is 14.7 Å². The molecule has 9 nitrogen and oxygen atoms in total. The zero-order chi connectivity index (χ0) is 24.8. The highest BCUT2D eigenvalue weighted by molar-refractivity contribution is 5.96. The number of pyridine rings is 1. The molecule has 0 saturated carbocycles. The van der Waals surface area contributed by atoms with Crippen molar-refractivity contribution in [2.75, 3.05) is 13.7 Å². The molecule has 2 heterocycles. The van der Waals surface area contributed by atoms with Crippen molar-refractivity contribution < 1.29 is 23.8 Å². The normalized spacial score (nSPS) is 10.7. The van der Waals surface area contributed by atoms with Gasteiger partial charge in [-0.1, -0.05) is 24.3 Å². The van der Waals surface area contributed by atoms with Gasteiger partial charge < -0.3 is 29.7 Å². The highest BCUT2D eigenvalue weighted by atomic mass is 16.5. The van der Waals surface area contributed by atoms with Crippen LogP contribution in [0.2, 0.25) is 0 Å². The topological polar surface area (TPSA) is 117 Å². The Kier molecular flexibility index (Phi) is 7.15. The Morgan fingerprint density at radius 3 is 2.63 bits per heavy atom. The summed E-state index contributed by atoms with van der Waals surface area (Å²) in [4.78, 5) is 28.5. The molecule has 180 valence electrons. The zero-order valence-corrected chi connectivity index (χ0v) is 19.5. The Labute approximate surface area is 202 Å². The van der Waals surface area contributed by atoms with E-state index in [1.807, 2.05) is 41.9 Å². The summed E-state index contributed by atoms with van der Waals surface area (Å²) in [5, 5.41) is 2.89. The highest BCUT2D eigenvalue weighted by Crippen LogP contribution is 2.28. The van der Waals surface area contributed by atoms with Crippen LogP contribution in [0, 0.1) is 6.92 Å². The molecule has 0 aliphatic carbocycles. The molecule has 9 heteroatoms. The molecule has 2 amide bonds. The van der Waals surface area contributed by atoms with Crippen LogP contribution >= 0.6 is 0 Å². The zero-order valence-electron chi connectivity index (χ0n) is 19.5. The number of carbonyl (C=O) groups is 2. The number of carbonyl (C=O) groups excluding carboxylic acids is 2. The largest absolute Gasteiger partial charge is 0.493 e. The van der Waals surface area contributed by atoms with E-state index in [0.717, 1.165) is 22.5 Å². The van der Waals surface area contributed by atoms with Crippen molar-refractivity contribution in [2.24, 2.45) is 5.73 Å². The van der Waals surface area contributed by atoms with E-state index in [2.05, 4.69) is 10.3 Å². The number of primary amides is 1. The molecule has 2 aromatic heterocycles. The quantitative estimate of drug-likeness (QED) is 0.365. The molecule has 0 atom stereocenters. The van der Waals surface area contributed by atoms with E-state index in [-0.39, 0.29) is 25.7 Å². The van der Waals surface area contributed by atoms with Crippen LogP contribution in [0.5, 0.6) is 17.2 Å². The molecule has 0 aliphatic rings. The first-order valence-corrected chi connectivity index (χ1v) is 11.0. The van der Waals surface area contributed by atoms with Crippen LogP contribution < -0.4 is 25.3 Å². The van der Waals surface area contributed by atoms with Crippen molar-refractivity contribution in [2.45, 2.75) is 20.1 Å². The second-order valence-corrected chi connectivity index (χ2v) is 7.86. The molecule has 0 fully saturated rings. The number of ether oxygens (including phenoxy) is 3. The second kappa shape index (κ2) is 10.6. The Morgan fingerprint density at radius 2 is 1.86 bits per heavy atom. The molecule has 3 N–H and O–H groups in total. The maximum absolute atomic E-state index is 12.9. The number of rotatable bonds is 10. The summed E-state index contributed by atoms with van der Waals surface area (Å²) in [6, 6.07) is 16.2. The Hall–Kier alpha value is -4.53. The number of amides is 2. The van der Waals surface area contributed by atoms with Gasteiger partial charge in [0.2, 0.25) is 0 Å². The summed E-state index contributed by atoms with van der Waals surface area (Å²) in [7, 11) is 1.49. The lowest BCUT2D eigenvalue weighted by Gasteiger charge is -2.13. The number of methoxy groups -OCH3 is 1. The van der Waals surface area contributed by atoms with Gasteiger partial charge in [-0.2, -0.15) is 0 Å². The fraction of sp³-hybridized carbons (Fsp3) is 0.192. The van der Waals surface area contributed by atoms with Crippen molar-refractivity contribution in [3.05, 3.63) is 89.4 Å². The number of nitrogens with two attached hydrogens (primary N) is 1. The van der Waals surface area contributed by atoms with Gasteiger partial charge in [-0.3, -0.25) is 9.59 Å². The summed E-state index contributed by atoms with van der Waals surface area (Å²) in [5.74, 6) is 0.429. The van der Waals surface area contributed by atoms with Gasteiger partial charge in [0.15, 0.2) is 18.1 Å². The van der Waals surface area contributed by atoms with Crippen LogP contribution in [0.1, 0.15) is 27.2 Å². The summed E-state index contributed by atoms with van der Waals surface area (Å²) in [6.07, 6.45) is 3.85. The van der Waals surface area contributed by atoms with Gasteiger partial charge in [0, 0.05) is 18.9 Å². The van der Waals surface area contributed by atoms with Gasteiger partial charge >= 0.3 is 0 Å². The number of imidazole rings is 1. The monoisotopic (exact) mass is 474 g/mol. The van der Waals surface area contributed by atoms with E-state index < -0.39 is 5.91 Å². The predicted molar refractivity (Wildman–Crippen MR) is 130 cm³/mol. The predicted octanol–water partition coefficient (Wildman–Crippen LogP) is 3.02. The van der Waals surface area contributed by atoms with Crippen LogP contribution in [0.4, 0.5) is 0 Å². The van der Waals surface area contributed by atoms with Crippen molar-refractivity contribution >= 4 is 17.5 Å². The van der Waals surface area contributed by atoms with Gasteiger partial charge in [0.25, 0.3) is 11.8 Å². The van der Waals surface area contributed by atoms with E-state index >= 15 is 0 Å². The molecule has 0 unspecified atom stereocenters. The van der Waals surface area contributed by atoms with E-state index in [9.17, 15) is 9.59 Å². The molecule has 0 radical (unpaired) electrons. The molecule has 2 aromatic carbocycles. The van der Waals surface area contributed by atoms with E-state index in [1.54, 1.807) is 36.4 Å². The molecule has 0 aliphatic heterocycles. The number of hydrogen-bond acceptors (Lipinski definition) is 6. The van der Waals surface area contributed by atoms with Crippen LogP contribution in [0.25, 0.3) is 5.65 Å². The minimum absolute atomic E-state index is 0.232. The fourth-order valence-corrected chi connectivity index (χ4v) is 3.57. The van der Waals surface area contributed by atoms with Crippen LogP contribution in [-0.2, 0) is 17.9 Å². The summed E-state index contributed by atoms with van der Waals surface area (Å²) in [6.45, 7) is 2.24. The Morgan fingerprint density at radius 1 is 1.03 bits per heavy atom. The summed E-state index contributed by atoms with van der Waals surface area (Å²) >= 11 is 0. The third kappa shape index (κ3) is 5.70. The van der Waals surface area contributed by atoms with Gasteiger partial charge in [-0.25, -0.2) is 4.98 Å². The minimum Gasteiger partial charge on any atom is -0.493 e. The van der Waals surface area contributed by atoms with Gasteiger partial charge in [0.05, 0.1) is 18.4 Å². The minimum atomic E-state index is -0.583. The number of aryl methyl sites for hydroxylation is 1. The van der Waals surface area contributed by atoms with Crippen molar-refractivity contribution in [3.8, 4) is 17.2 Å². The van der Waals surface area contributed by atoms with E-state index in [0.29, 0.717) is 22.8 Å². The van der Waals surface area contributed by atoms with Crippen LogP contribution in [0.3, 0.4) is 0 Å². The molecular formula is C26H26N4O5. The number of benzene rings is 2.